The third kappa shape index (κ3) is 2.88. The van der Waals surface area contributed by atoms with Gasteiger partial charge in [-0.25, -0.2) is 4.98 Å². The summed E-state index contributed by atoms with van der Waals surface area (Å²) in [5.41, 5.74) is 5.13. The molecule has 5 rings (SSSR count). The van der Waals surface area contributed by atoms with Gasteiger partial charge in [0.2, 0.25) is 11.8 Å². The van der Waals surface area contributed by atoms with Crippen LogP contribution in [0.4, 0.5) is 0 Å². The molecule has 8 nitrogen and oxygen atoms in total. The van der Waals surface area contributed by atoms with E-state index in [1.54, 1.807) is 29.7 Å². The number of rotatable bonds is 3. The second kappa shape index (κ2) is 6.91. The second-order valence-electron chi connectivity index (χ2n) is 7.56. The minimum absolute atomic E-state index is 0.179. The molecule has 1 unspecified atom stereocenters. The molecular weight excluding hydrogens is 382 g/mol. The Labute approximate surface area is 172 Å². The number of benzene rings is 1. The van der Waals surface area contributed by atoms with E-state index in [0.717, 1.165) is 28.1 Å². The molecule has 3 amide bonds. The number of aryl methyl sites for hydroxylation is 1. The van der Waals surface area contributed by atoms with E-state index < -0.39 is 11.9 Å². The molecule has 2 aromatic heterocycles. The highest BCUT2D eigenvalue weighted by atomic mass is 16.2. The van der Waals surface area contributed by atoms with Crippen LogP contribution in [0.2, 0.25) is 0 Å². The lowest BCUT2D eigenvalue weighted by molar-refractivity contribution is -0.136. The number of aromatic nitrogens is 3. The quantitative estimate of drug-likeness (QED) is 0.676. The smallest absolute Gasteiger partial charge is 0.255 e. The van der Waals surface area contributed by atoms with Gasteiger partial charge in [0.25, 0.3) is 5.91 Å². The zero-order chi connectivity index (χ0) is 20.8. The summed E-state index contributed by atoms with van der Waals surface area (Å²) in [7, 11) is 1.94. The summed E-state index contributed by atoms with van der Waals surface area (Å²) in [5, 5.41) is 2.33. The predicted octanol–water partition coefficient (Wildman–Crippen LogP) is 1.91. The van der Waals surface area contributed by atoms with Gasteiger partial charge in [-0.05, 0) is 36.2 Å². The van der Waals surface area contributed by atoms with Gasteiger partial charge in [-0.1, -0.05) is 6.07 Å². The SMILES string of the molecule is Cn1cnc(-c2ccc3c(c2)CN(C2CCC(=O)NC2=O)C3=O)c1-c1ccncc1. The number of pyridine rings is 1. The van der Waals surface area contributed by atoms with E-state index in [4.69, 9.17) is 0 Å². The normalized spacial score (nSPS) is 18.5. The number of fused-ring (bicyclic) bond motifs is 1. The van der Waals surface area contributed by atoms with Crippen molar-refractivity contribution in [2.45, 2.75) is 25.4 Å². The number of hydrogen-bond acceptors (Lipinski definition) is 5. The van der Waals surface area contributed by atoms with Crippen LogP contribution in [0.15, 0.2) is 49.1 Å². The molecule has 0 spiro atoms. The third-order valence-electron chi connectivity index (χ3n) is 5.69. The average molecular weight is 401 g/mol. The van der Waals surface area contributed by atoms with Crippen molar-refractivity contribution in [3.05, 3.63) is 60.2 Å². The van der Waals surface area contributed by atoms with E-state index in [2.05, 4.69) is 15.3 Å². The Hall–Kier alpha value is -3.81. The first kappa shape index (κ1) is 18.2. The van der Waals surface area contributed by atoms with Crippen LogP contribution in [0.1, 0.15) is 28.8 Å². The molecule has 8 heteroatoms. The third-order valence-corrected chi connectivity index (χ3v) is 5.69. The lowest BCUT2D eigenvalue weighted by atomic mass is 10.0. The Bertz CT molecular complexity index is 1180. The van der Waals surface area contributed by atoms with E-state index in [-0.39, 0.29) is 18.2 Å². The standard InChI is InChI=1S/C22H19N5O3/c1-26-12-24-19(20(26)13-6-8-23-9-7-13)14-2-3-16-15(10-14)11-27(22(16)30)17-4-5-18(28)25-21(17)29/h2-3,6-10,12,17H,4-5,11H2,1H3,(H,25,28,29). The number of carbonyl (C=O) groups is 3. The monoisotopic (exact) mass is 401 g/mol. The van der Waals surface area contributed by atoms with Gasteiger partial charge in [0.05, 0.1) is 17.7 Å². The Morgan fingerprint density at radius 1 is 1.07 bits per heavy atom. The second-order valence-corrected chi connectivity index (χ2v) is 7.56. The lowest BCUT2D eigenvalue weighted by Crippen LogP contribution is -2.52. The number of imidazole rings is 1. The molecule has 0 aliphatic carbocycles. The molecule has 4 heterocycles. The van der Waals surface area contributed by atoms with Gasteiger partial charge >= 0.3 is 0 Å². The highest BCUT2D eigenvalue weighted by molar-refractivity contribution is 6.05. The first-order valence-corrected chi connectivity index (χ1v) is 9.72. The fraction of sp³-hybridized carbons (Fsp3) is 0.227. The Kier molecular flexibility index (Phi) is 4.20. The Morgan fingerprint density at radius 3 is 2.63 bits per heavy atom. The fourth-order valence-electron chi connectivity index (χ4n) is 4.21. The number of hydrogen-bond donors (Lipinski definition) is 1. The number of imide groups is 1. The zero-order valence-corrected chi connectivity index (χ0v) is 16.3. The molecule has 3 aromatic rings. The minimum atomic E-state index is -0.617. The first-order chi connectivity index (χ1) is 14.5. The van der Waals surface area contributed by atoms with Crippen LogP contribution in [-0.4, -0.2) is 43.2 Å². The van der Waals surface area contributed by atoms with Crippen molar-refractivity contribution in [2.75, 3.05) is 0 Å². The average Bonchev–Trinajstić information content (AvgIpc) is 3.28. The Balaban J connectivity index is 1.49. The molecule has 2 aliphatic heterocycles. The predicted molar refractivity (Wildman–Crippen MR) is 108 cm³/mol. The van der Waals surface area contributed by atoms with Crippen LogP contribution < -0.4 is 5.32 Å². The molecule has 1 saturated heterocycles. The molecular formula is C22H19N5O3. The molecule has 30 heavy (non-hydrogen) atoms. The highest BCUT2D eigenvalue weighted by Crippen LogP contribution is 2.34. The number of nitrogens with zero attached hydrogens (tertiary/aromatic N) is 4. The summed E-state index contributed by atoms with van der Waals surface area (Å²) in [4.78, 5) is 46.8. The van der Waals surface area contributed by atoms with E-state index in [1.807, 2.05) is 35.9 Å². The lowest BCUT2D eigenvalue weighted by Gasteiger charge is -2.29. The molecule has 1 fully saturated rings. The molecule has 150 valence electrons. The van der Waals surface area contributed by atoms with E-state index >= 15 is 0 Å². The van der Waals surface area contributed by atoms with Gasteiger partial charge in [-0.15, -0.1) is 0 Å². The largest absolute Gasteiger partial charge is 0.333 e. The maximum absolute atomic E-state index is 12.9. The van der Waals surface area contributed by atoms with Gasteiger partial charge in [0.1, 0.15) is 6.04 Å². The maximum atomic E-state index is 12.9. The summed E-state index contributed by atoms with van der Waals surface area (Å²) >= 11 is 0. The van der Waals surface area contributed by atoms with E-state index in [1.165, 1.54) is 0 Å². The highest BCUT2D eigenvalue weighted by Gasteiger charge is 2.39. The van der Waals surface area contributed by atoms with Crippen LogP contribution in [0.5, 0.6) is 0 Å². The molecule has 0 bridgehead atoms. The summed E-state index contributed by atoms with van der Waals surface area (Å²) in [6.07, 6.45) is 5.84. The van der Waals surface area contributed by atoms with Gasteiger partial charge in [0.15, 0.2) is 0 Å². The maximum Gasteiger partial charge on any atom is 0.255 e. The summed E-state index contributed by atoms with van der Waals surface area (Å²) in [5.74, 6) is -0.875. The summed E-state index contributed by atoms with van der Waals surface area (Å²) in [6, 6.07) is 8.89. The molecule has 2 aliphatic rings. The van der Waals surface area contributed by atoms with Crippen LogP contribution >= 0.6 is 0 Å². The molecule has 0 radical (unpaired) electrons. The first-order valence-electron chi connectivity index (χ1n) is 9.72. The van der Waals surface area contributed by atoms with Gasteiger partial charge in [-0.2, -0.15) is 0 Å². The topological polar surface area (TPSA) is 97.2 Å². The Morgan fingerprint density at radius 2 is 1.87 bits per heavy atom. The summed E-state index contributed by atoms with van der Waals surface area (Å²) < 4.78 is 1.96. The van der Waals surface area contributed by atoms with Crippen LogP contribution in [-0.2, 0) is 23.2 Å². The van der Waals surface area contributed by atoms with Crippen molar-refractivity contribution in [3.63, 3.8) is 0 Å². The fourth-order valence-corrected chi connectivity index (χ4v) is 4.21. The van der Waals surface area contributed by atoms with Gasteiger partial charge in [0, 0.05) is 49.1 Å². The molecule has 1 N–H and O–H groups in total. The van der Waals surface area contributed by atoms with Crippen molar-refractivity contribution in [2.24, 2.45) is 7.05 Å². The minimum Gasteiger partial charge on any atom is -0.333 e. The van der Waals surface area contributed by atoms with Crippen molar-refractivity contribution in [3.8, 4) is 22.5 Å². The van der Waals surface area contributed by atoms with Crippen LogP contribution in [0, 0.1) is 0 Å². The van der Waals surface area contributed by atoms with E-state index in [9.17, 15) is 14.4 Å². The molecule has 1 aromatic carbocycles. The zero-order valence-electron chi connectivity index (χ0n) is 16.3. The van der Waals surface area contributed by atoms with Crippen molar-refractivity contribution in [1.82, 2.24) is 24.8 Å². The van der Waals surface area contributed by atoms with E-state index in [0.29, 0.717) is 18.5 Å². The number of amides is 3. The van der Waals surface area contributed by atoms with Crippen LogP contribution in [0.3, 0.4) is 0 Å². The van der Waals surface area contributed by atoms with Crippen LogP contribution in [0.25, 0.3) is 22.5 Å². The number of piperidine rings is 1. The molecule has 1 atom stereocenters. The van der Waals surface area contributed by atoms with Gasteiger partial charge < -0.3 is 9.47 Å². The number of nitrogens with one attached hydrogen (secondary N) is 1. The summed E-state index contributed by atoms with van der Waals surface area (Å²) in [6.45, 7) is 0.339. The van der Waals surface area contributed by atoms with Crippen molar-refractivity contribution >= 4 is 17.7 Å². The van der Waals surface area contributed by atoms with Crippen molar-refractivity contribution in [1.29, 1.82) is 0 Å². The van der Waals surface area contributed by atoms with Gasteiger partial charge in [-0.3, -0.25) is 24.7 Å². The van der Waals surface area contributed by atoms with Crippen molar-refractivity contribution < 1.29 is 14.4 Å². The molecule has 0 saturated carbocycles. The number of carbonyl (C=O) groups excluding carboxylic acids is 3.